The van der Waals surface area contributed by atoms with Crippen LogP contribution in [0.1, 0.15) is 87.4 Å². The molecule has 0 spiro atoms. The van der Waals surface area contributed by atoms with Crippen LogP contribution in [0.15, 0.2) is 6.20 Å². The summed E-state index contributed by atoms with van der Waals surface area (Å²) in [5.74, 6) is 4.17. The minimum absolute atomic E-state index is 0.0100. The SMILES string of the molecule is CS(=O)(=O)NC1CCN(CCn2ncc(C(=O)NC3C4CC5CC(C4)CC3C5)c2OCC2CCCCC2)CC1. The largest absolute Gasteiger partial charge is 0.477 e. The molecule has 1 saturated heterocycles. The number of likely N-dealkylation sites (tertiary alicyclic amines) is 1. The zero-order valence-electron chi connectivity index (χ0n) is 23.5. The van der Waals surface area contributed by atoms with Crippen molar-refractivity contribution in [2.24, 2.45) is 29.6 Å². The van der Waals surface area contributed by atoms with Crippen molar-refractivity contribution in [1.82, 2.24) is 24.7 Å². The van der Waals surface area contributed by atoms with Gasteiger partial charge in [0.25, 0.3) is 5.91 Å². The Hall–Kier alpha value is -1.65. The first-order valence-corrected chi connectivity index (χ1v) is 17.4. The van der Waals surface area contributed by atoms with Gasteiger partial charge in [-0.1, -0.05) is 19.3 Å². The van der Waals surface area contributed by atoms with Gasteiger partial charge >= 0.3 is 0 Å². The lowest BCUT2D eigenvalue weighted by Crippen LogP contribution is -2.55. The molecule has 6 aliphatic rings. The third kappa shape index (κ3) is 6.64. The van der Waals surface area contributed by atoms with Crippen molar-refractivity contribution >= 4 is 15.9 Å². The van der Waals surface area contributed by atoms with E-state index in [0.29, 0.717) is 48.4 Å². The Kier molecular flexibility index (Phi) is 8.24. The lowest BCUT2D eigenvalue weighted by molar-refractivity contribution is -0.0120. The molecule has 9 nitrogen and oxygen atoms in total. The van der Waals surface area contributed by atoms with Crippen LogP contribution in [0.5, 0.6) is 5.88 Å². The average Bonchev–Trinajstić information content (AvgIpc) is 3.31. The zero-order valence-corrected chi connectivity index (χ0v) is 24.3. The van der Waals surface area contributed by atoms with Crippen molar-refractivity contribution in [3.63, 3.8) is 0 Å². The molecule has 1 aromatic rings. The molecule has 0 radical (unpaired) electrons. The second-order valence-electron chi connectivity index (χ2n) is 13.3. The second-order valence-corrected chi connectivity index (χ2v) is 15.1. The van der Waals surface area contributed by atoms with Gasteiger partial charge in [0.1, 0.15) is 5.56 Å². The summed E-state index contributed by atoms with van der Waals surface area (Å²) in [5, 5.41) is 8.11. The molecule has 1 amide bonds. The van der Waals surface area contributed by atoms with E-state index < -0.39 is 10.0 Å². The highest BCUT2D eigenvalue weighted by atomic mass is 32.2. The second kappa shape index (κ2) is 11.7. The van der Waals surface area contributed by atoms with Gasteiger partial charge in [0, 0.05) is 18.6 Å². The molecular weight excluding hydrogens is 514 g/mol. The number of ether oxygens (including phenoxy) is 1. The Balaban J connectivity index is 1.10. The van der Waals surface area contributed by atoms with Crippen molar-refractivity contribution in [2.45, 2.75) is 95.7 Å². The van der Waals surface area contributed by atoms with Gasteiger partial charge in [-0.05, 0) is 100 Å². The number of carbonyl (C=O) groups is 1. The van der Waals surface area contributed by atoms with E-state index >= 15 is 0 Å². The van der Waals surface area contributed by atoms with E-state index in [2.05, 4.69) is 20.0 Å². The van der Waals surface area contributed by atoms with Gasteiger partial charge in [-0.3, -0.25) is 4.79 Å². The molecule has 218 valence electrons. The molecule has 1 aliphatic heterocycles. The molecule has 0 atom stereocenters. The number of aromatic nitrogens is 2. The molecule has 7 rings (SSSR count). The third-order valence-corrected chi connectivity index (χ3v) is 11.1. The Morgan fingerprint density at radius 2 is 1.64 bits per heavy atom. The molecule has 39 heavy (non-hydrogen) atoms. The van der Waals surface area contributed by atoms with E-state index in [9.17, 15) is 13.2 Å². The summed E-state index contributed by atoms with van der Waals surface area (Å²) in [4.78, 5) is 16.0. The van der Waals surface area contributed by atoms with Crippen LogP contribution in [-0.2, 0) is 16.6 Å². The summed E-state index contributed by atoms with van der Waals surface area (Å²) in [5.41, 5.74) is 0.579. The van der Waals surface area contributed by atoms with Crippen LogP contribution in [-0.4, -0.2) is 73.6 Å². The zero-order chi connectivity index (χ0) is 27.0. The van der Waals surface area contributed by atoms with Crippen LogP contribution in [0.4, 0.5) is 0 Å². The standard InChI is InChI=1S/C29H47N5O4S/c1-39(36,37)32-25-7-9-33(10-8-25)11-12-34-29(38-19-20-5-3-2-4-6-20)26(18-30-34)28(35)31-27-23-14-21-13-22(16-23)17-24(27)15-21/h18,20-25,27,32H,2-17,19H2,1H3,(H,31,35). The van der Waals surface area contributed by atoms with Gasteiger partial charge in [-0.15, -0.1) is 0 Å². The van der Waals surface area contributed by atoms with Gasteiger partial charge in [0.05, 0.1) is 25.6 Å². The van der Waals surface area contributed by atoms with Gasteiger partial charge in [0.15, 0.2) is 0 Å². The van der Waals surface area contributed by atoms with Crippen molar-refractivity contribution in [1.29, 1.82) is 0 Å². The van der Waals surface area contributed by atoms with E-state index in [0.717, 1.165) is 44.3 Å². The summed E-state index contributed by atoms with van der Waals surface area (Å²) in [6, 6.07) is 0.303. The molecule has 2 N–H and O–H groups in total. The number of nitrogens with one attached hydrogen (secondary N) is 2. The predicted octanol–water partition coefficient (Wildman–Crippen LogP) is 3.41. The normalized spacial score (nSPS) is 32.0. The molecule has 5 aliphatic carbocycles. The highest BCUT2D eigenvalue weighted by Crippen LogP contribution is 2.53. The number of sulfonamides is 1. The fourth-order valence-electron chi connectivity index (χ4n) is 8.60. The minimum atomic E-state index is -3.18. The van der Waals surface area contributed by atoms with Gasteiger partial charge in [0.2, 0.25) is 15.9 Å². The first kappa shape index (κ1) is 27.5. The fraction of sp³-hybridized carbons (Fsp3) is 0.862. The molecule has 5 saturated carbocycles. The van der Waals surface area contributed by atoms with Crippen molar-refractivity contribution in [3.05, 3.63) is 11.8 Å². The van der Waals surface area contributed by atoms with Crippen LogP contribution in [0.3, 0.4) is 0 Å². The summed E-state index contributed by atoms with van der Waals surface area (Å²) in [7, 11) is -3.18. The molecule has 10 heteroatoms. The van der Waals surface area contributed by atoms with Gasteiger partial charge < -0.3 is 15.0 Å². The van der Waals surface area contributed by atoms with E-state index in [-0.39, 0.29) is 11.9 Å². The highest BCUT2D eigenvalue weighted by molar-refractivity contribution is 7.88. The Morgan fingerprint density at radius 1 is 0.974 bits per heavy atom. The number of amides is 1. The maximum atomic E-state index is 13.7. The average molecular weight is 562 g/mol. The van der Waals surface area contributed by atoms with Crippen LogP contribution < -0.4 is 14.8 Å². The quantitative estimate of drug-likeness (QED) is 0.454. The van der Waals surface area contributed by atoms with Crippen LogP contribution >= 0.6 is 0 Å². The molecular formula is C29H47N5O4S. The summed E-state index contributed by atoms with van der Waals surface area (Å²) >= 11 is 0. The van der Waals surface area contributed by atoms with Crippen molar-refractivity contribution < 1.29 is 17.9 Å². The molecule has 0 unspecified atom stereocenters. The highest BCUT2D eigenvalue weighted by Gasteiger charge is 2.48. The maximum Gasteiger partial charge on any atom is 0.258 e. The lowest BCUT2D eigenvalue weighted by atomic mass is 9.54. The Bertz CT molecular complexity index is 1080. The Labute approximate surface area is 233 Å². The van der Waals surface area contributed by atoms with Crippen LogP contribution in [0, 0.1) is 29.6 Å². The predicted molar refractivity (Wildman–Crippen MR) is 150 cm³/mol. The molecule has 4 bridgehead atoms. The Morgan fingerprint density at radius 3 is 2.28 bits per heavy atom. The molecule has 2 heterocycles. The fourth-order valence-corrected chi connectivity index (χ4v) is 9.44. The van der Waals surface area contributed by atoms with E-state index in [1.165, 1.54) is 70.5 Å². The number of hydrogen-bond donors (Lipinski definition) is 2. The summed E-state index contributed by atoms with van der Waals surface area (Å²) < 4.78 is 34.2. The number of hydrogen-bond acceptors (Lipinski definition) is 6. The van der Waals surface area contributed by atoms with Crippen LogP contribution in [0.2, 0.25) is 0 Å². The molecule has 6 fully saturated rings. The van der Waals surface area contributed by atoms with Crippen molar-refractivity contribution in [2.75, 3.05) is 32.5 Å². The molecule has 0 aromatic carbocycles. The summed E-state index contributed by atoms with van der Waals surface area (Å²) in [6.07, 6.45) is 17.3. The third-order valence-electron chi connectivity index (χ3n) is 10.3. The van der Waals surface area contributed by atoms with E-state index in [1.54, 1.807) is 6.20 Å². The van der Waals surface area contributed by atoms with Crippen LogP contribution in [0.25, 0.3) is 0 Å². The lowest BCUT2D eigenvalue weighted by Gasteiger charge is -2.54. The maximum absolute atomic E-state index is 13.7. The van der Waals surface area contributed by atoms with Gasteiger partial charge in [-0.25, -0.2) is 17.8 Å². The first-order chi connectivity index (χ1) is 18.8. The van der Waals surface area contributed by atoms with Gasteiger partial charge in [-0.2, -0.15) is 5.10 Å². The van der Waals surface area contributed by atoms with E-state index in [4.69, 9.17) is 4.74 Å². The smallest absolute Gasteiger partial charge is 0.258 e. The number of rotatable bonds is 10. The summed E-state index contributed by atoms with van der Waals surface area (Å²) in [6.45, 7) is 3.77. The van der Waals surface area contributed by atoms with Crippen molar-refractivity contribution in [3.8, 4) is 5.88 Å². The first-order valence-electron chi connectivity index (χ1n) is 15.5. The molecule has 1 aromatic heterocycles. The number of carbonyl (C=O) groups excluding carboxylic acids is 1. The monoisotopic (exact) mass is 561 g/mol. The topological polar surface area (TPSA) is 106 Å². The number of nitrogens with zero attached hydrogens (tertiary/aromatic N) is 3. The number of piperidine rings is 1. The van der Waals surface area contributed by atoms with E-state index in [1.807, 2.05) is 4.68 Å². The minimum Gasteiger partial charge on any atom is -0.477 e.